The van der Waals surface area contributed by atoms with E-state index in [2.05, 4.69) is 15.3 Å². The fourth-order valence-corrected chi connectivity index (χ4v) is 2.96. The Balaban J connectivity index is 2.14. The van der Waals surface area contributed by atoms with Gasteiger partial charge in [0.25, 0.3) is 0 Å². The Labute approximate surface area is 156 Å². The fraction of sp³-hybridized carbons (Fsp3) is 0.278. The summed E-state index contributed by atoms with van der Waals surface area (Å²) in [6, 6.07) is 7.33. The van der Waals surface area contributed by atoms with E-state index in [0.29, 0.717) is 28.6 Å². The highest BCUT2D eigenvalue weighted by Gasteiger charge is 2.35. The molecular weight excluding hydrogens is 350 g/mol. The van der Waals surface area contributed by atoms with E-state index in [9.17, 15) is 4.79 Å². The summed E-state index contributed by atoms with van der Waals surface area (Å²) in [6.45, 7) is 3.67. The van der Waals surface area contributed by atoms with Crippen LogP contribution in [0.15, 0.2) is 35.7 Å². The van der Waals surface area contributed by atoms with Gasteiger partial charge in [-0.2, -0.15) is 9.97 Å². The second kappa shape index (κ2) is 7.40. The van der Waals surface area contributed by atoms with E-state index in [4.69, 9.17) is 25.7 Å². The van der Waals surface area contributed by atoms with Crippen molar-refractivity contribution < 1.29 is 19.0 Å². The van der Waals surface area contributed by atoms with Gasteiger partial charge in [0.15, 0.2) is 0 Å². The molecule has 5 N–H and O–H groups in total. The smallest absolute Gasteiger partial charge is 0.497 e. The van der Waals surface area contributed by atoms with Crippen LogP contribution in [0.3, 0.4) is 0 Å². The molecular formula is C18H21N5O4. The van der Waals surface area contributed by atoms with Gasteiger partial charge >= 0.3 is 6.16 Å². The molecule has 2 heterocycles. The summed E-state index contributed by atoms with van der Waals surface area (Å²) in [6.07, 6.45) is -0.800. The predicted molar refractivity (Wildman–Crippen MR) is 100 cm³/mol. The van der Waals surface area contributed by atoms with Crippen LogP contribution < -0.4 is 21.5 Å². The van der Waals surface area contributed by atoms with Gasteiger partial charge in [0.2, 0.25) is 5.95 Å². The lowest BCUT2D eigenvalue weighted by atomic mass is 9.87. The quantitative estimate of drug-likeness (QED) is 0.693. The molecule has 0 bridgehead atoms. The lowest BCUT2D eigenvalue weighted by Crippen LogP contribution is -2.24. The number of benzene rings is 1. The number of hydrogen-bond acceptors (Lipinski definition) is 9. The highest BCUT2D eigenvalue weighted by Crippen LogP contribution is 2.44. The van der Waals surface area contributed by atoms with E-state index in [1.165, 1.54) is 0 Å². The van der Waals surface area contributed by atoms with E-state index in [1.54, 1.807) is 21.0 Å². The van der Waals surface area contributed by atoms with Crippen LogP contribution in [0.5, 0.6) is 5.75 Å². The molecule has 0 spiro atoms. The van der Waals surface area contributed by atoms with Crippen LogP contribution in [0.4, 0.5) is 22.4 Å². The van der Waals surface area contributed by atoms with E-state index >= 15 is 0 Å². The van der Waals surface area contributed by atoms with Gasteiger partial charge in [0, 0.05) is 0 Å². The first-order chi connectivity index (χ1) is 12.9. The Bertz CT molecular complexity index is 895. The number of nitrogens with two attached hydrogens (primary N) is 2. The minimum atomic E-state index is -0.800. The predicted octanol–water partition coefficient (Wildman–Crippen LogP) is 2.61. The number of nitrogen functional groups attached to an aromatic ring is 2. The first-order valence-electron chi connectivity index (χ1n) is 8.33. The molecule has 1 unspecified atom stereocenters. The molecule has 1 aromatic carbocycles. The van der Waals surface area contributed by atoms with E-state index in [1.807, 2.05) is 24.3 Å². The number of anilines is 3. The van der Waals surface area contributed by atoms with Crippen LogP contribution >= 0.6 is 0 Å². The summed E-state index contributed by atoms with van der Waals surface area (Å²) in [5.74, 6) is 1.25. The fourth-order valence-electron chi connectivity index (χ4n) is 2.96. The molecule has 2 aromatic rings. The van der Waals surface area contributed by atoms with Crippen molar-refractivity contribution in [2.75, 3.05) is 30.5 Å². The molecule has 1 aliphatic heterocycles. The number of ether oxygens (including phenoxy) is 3. The van der Waals surface area contributed by atoms with Crippen molar-refractivity contribution in [3.63, 3.8) is 0 Å². The summed E-state index contributed by atoms with van der Waals surface area (Å²) >= 11 is 0. The number of nitrogens with one attached hydrogen (secondary N) is 1. The minimum absolute atomic E-state index is 0.0507. The third-order valence-electron chi connectivity index (χ3n) is 4.12. The van der Waals surface area contributed by atoms with Gasteiger partial charge in [-0.1, -0.05) is 12.1 Å². The van der Waals surface area contributed by atoms with Crippen molar-refractivity contribution in [2.45, 2.75) is 19.8 Å². The molecule has 0 fully saturated rings. The molecule has 1 aliphatic rings. The van der Waals surface area contributed by atoms with Crippen molar-refractivity contribution in [1.82, 2.24) is 9.97 Å². The molecule has 1 atom stereocenters. The third kappa shape index (κ3) is 3.57. The molecule has 0 saturated heterocycles. The third-order valence-corrected chi connectivity index (χ3v) is 4.12. The maximum atomic E-state index is 12.0. The van der Waals surface area contributed by atoms with Crippen LogP contribution in [0.2, 0.25) is 0 Å². The molecule has 0 saturated carbocycles. The summed E-state index contributed by atoms with van der Waals surface area (Å²) in [5.41, 5.74) is 13.8. The van der Waals surface area contributed by atoms with E-state index < -0.39 is 12.1 Å². The van der Waals surface area contributed by atoms with Crippen LogP contribution in [0.1, 0.15) is 30.9 Å². The molecule has 9 heteroatoms. The number of nitrogens with zero attached hydrogens (tertiary/aromatic N) is 2. The number of carbonyl (C=O) groups is 1. The van der Waals surface area contributed by atoms with E-state index in [0.717, 1.165) is 5.56 Å². The molecule has 27 heavy (non-hydrogen) atoms. The van der Waals surface area contributed by atoms with Crippen molar-refractivity contribution >= 4 is 23.7 Å². The van der Waals surface area contributed by atoms with Crippen molar-refractivity contribution in [3.8, 4) is 5.75 Å². The Morgan fingerprint density at radius 2 is 1.93 bits per heavy atom. The minimum Gasteiger partial charge on any atom is -0.497 e. The van der Waals surface area contributed by atoms with Crippen molar-refractivity contribution in [1.29, 1.82) is 0 Å². The van der Waals surface area contributed by atoms with Gasteiger partial charge in [-0.15, -0.1) is 0 Å². The summed E-state index contributed by atoms with van der Waals surface area (Å²) in [4.78, 5) is 20.3. The zero-order valence-electron chi connectivity index (χ0n) is 15.3. The second-order valence-electron chi connectivity index (χ2n) is 5.83. The summed E-state index contributed by atoms with van der Waals surface area (Å²) in [7, 11) is 1.59. The maximum absolute atomic E-state index is 12.0. The number of rotatable bonds is 4. The Morgan fingerprint density at radius 3 is 2.56 bits per heavy atom. The van der Waals surface area contributed by atoms with Gasteiger partial charge in [-0.3, -0.25) is 0 Å². The number of methoxy groups -OCH3 is 1. The van der Waals surface area contributed by atoms with Crippen molar-refractivity contribution in [2.24, 2.45) is 0 Å². The number of hydrogen-bond donors (Lipinski definition) is 3. The normalized spacial score (nSPS) is 15.6. The van der Waals surface area contributed by atoms with Gasteiger partial charge in [0.1, 0.15) is 23.1 Å². The average molecular weight is 371 g/mol. The first-order valence-corrected chi connectivity index (χ1v) is 8.33. The highest BCUT2D eigenvalue weighted by molar-refractivity contribution is 5.71. The Kier molecular flexibility index (Phi) is 5.02. The number of carbonyl (C=O) groups excluding carboxylic acids is 1. The van der Waals surface area contributed by atoms with Crippen LogP contribution in [0.25, 0.3) is 0 Å². The zero-order valence-corrected chi connectivity index (χ0v) is 15.3. The van der Waals surface area contributed by atoms with Gasteiger partial charge < -0.3 is 31.0 Å². The summed E-state index contributed by atoms with van der Waals surface area (Å²) < 4.78 is 15.6. The lowest BCUT2D eigenvalue weighted by molar-refractivity contribution is 0.0777. The van der Waals surface area contributed by atoms with Crippen LogP contribution in [-0.2, 0) is 9.47 Å². The Morgan fingerprint density at radius 1 is 1.22 bits per heavy atom. The number of fused-ring (bicyclic) bond motifs is 1. The second-order valence-corrected chi connectivity index (χ2v) is 5.83. The maximum Gasteiger partial charge on any atom is 0.513 e. The molecule has 0 amide bonds. The number of aromatic nitrogens is 2. The summed E-state index contributed by atoms with van der Waals surface area (Å²) in [5, 5.41) is 3.07. The molecule has 142 valence electrons. The molecule has 9 nitrogen and oxygen atoms in total. The van der Waals surface area contributed by atoms with E-state index in [-0.39, 0.29) is 18.4 Å². The molecule has 0 radical (unpaired) electrons. The number of allylic oxidation sites excluding steroid dienone is 2. The zero-order chi connectivity index (χ0) is 19.6. The first kappa shape index (κ1) is 18.3. The highest BCUT2D eigenvalue weighted by atomic mass is 16.7. The van der Waals surface area contributed by atoms with Gasteiger partial charge in [-0.25, -0.2) is 4.79 Å². The van der Waals surface area contributed by atoms with Crippen molar-refractivity contribution in [3.05, 3.63) is 46.8 Å². The Hall–Kier alpha value is -3.49. The monoisotopic (exact) mass is 371 g/mol. The van der Waals surface area contributed by atoms with Crippen LogP contribution in [0, 0.1) is 0 Å². The molecule has 1 aromatic heterocycles. The van der Waals surface area contributed by atoms with Gasteiger partial charge in [0.05, 0.1) is 30.9 Å². The largest absolute Gasteiger partial charge is 0.513 e. The lowest BCUT2D eigenvalue weighted by Gasteiger charge is -2.30. The standard InChI is InChI=1S/C18H21N5O4/c1-4-26-18(24)27-14-9(2)21-16-13(15(19)22-17(20)23-16)12(14)10-5-7-11(25-3)8-6-10/h5-8,12H,4H2,1-3H3,(H5,19,20,21,22,23). The molecule has 0 aliphatic carbocycles. The van der Waals surface area contributed by atoms with Crippen LogP contribution in [-0.4, -0.2) is 29.8 Å². The topological polar surface area (TPSA) is 135 Å². The SMILES string of the molecule is CCOC(=O)OC1=C(C)Nc2nc(N)nc(N)c2C1c1ccc(OC)cc1. The average Bonchev–Trinajstić information content (AvgIpc) is 2.63. The molecule has 3 rings (SSSR count). The van der Waals surface area contributed by atoms with Gasteiger partial charge in [-0.05, 0) is 31.5 Å².